The van der Waals surface area contributed by atoms with Crippen LogP contribution in [0.15, 0.2) is 72.1 Å². The normalized spacial score (nSPS) is 11.2. The molecule has 132 valence electrons. The molecule has 1 heterocycles. The lowest BCUT2D eigenvalue weighted by molar-refractivity contribution is -0.0328. The minimum atomic E-state index is -4.34. The number of benzene rings is 2. The Bertz CT molecular complexity index is 900. The van der Waals surface area contributed by atoms with Gasteiger partial charge in [0.15, 0.2) is 0 Å². The van der Waals surface area contributed by atoms with E-state index in [0.29, 0.717) is 11.3 Å². The fourth-order valence-electron chi connectivity index (χ4n) is 2.23. The number of alkyl halides is 3. The maximum absolute atomic E-state index is 12.4. The molecule has 3 aromatic rings. The van der Waals surface area contributed by atoms with Gasteiger partial charge >= 0.3 is 5.51 Å². The van der Waals surface area contributed by atoms with Crippen molar-refractivity contribution in [1.29, 1.82) is 0 Å². The highest BCUT2D eigenvalue weighted by Crippen LogP contribution is 2.37. The molecule has 8 heteroatoms. The molecule has 26 heavy (non-hydrogen) atoms. The minimum absolute atomic E-state index is 0.0570. The van der Waals surface area contributed by atoms with Gasteiger partial charge in [0.25, 0.3) is 5.91 Å². The van der Waals surface area contributed by atoms with Gasteiger partial charge in [-0.05, 0) is 53.7 Å². The van der Waals surface area contributed by atoms with Crippen LogP contribution in [0.5, 0.6) is 0 Å². The summed E-state index contributed by atoms with van der Waals surface area (Å²) in [5.74, 6) is -0.361. The van der Waals surface area contributed by atoms with E-state index in [2.05, 4.69) is 15.3 Å². The monoisotopic (exact) mass is 375 g/mol. The highest BCUT2D eigenvalue weighted by molar-refractivity contribution is 8.00. The van der Waals surface area contributed by atoms with E-state index in [9.17, 15) is 18.0 Å². The SMILES string of the molecule is O=C(Nc1ccc(SC(F)(F)F)cc1)c1cccc(-c2cncnc2)c1. The summed E-state index contributed by atoms with van der Waals surface area (Å²) in [6.07, 6.45) is 4.70. The van der Waals surface area contributed by atoms with E-state index < -0.39 is 5.51 Å². The second kappa shape index (κ2) is 7.57. The van der Waals surface area contributed by atoms with Crippen LogP contribution in [0.4, 0.5) is 18.9 Å². The van der Waals surface area contributed by atoms with Gasteiger partial charge in [-0.15, -0.1) is 0 Å². The first kappa shape index (κ1) is 17.9. The number of nitrogens with one attached hydrogen (secondary N) is 1. The average molecular weight is 375 g/mol. The third-order valence-corrected chi connectivity index (χ3v) is 4.10. The smallest absolute Gasteiger partial charge is 0.322 e. The summed E-state index contributed by atoms with van der Waals surface area (Å²) in [6.45, 7) is 0. The van der Waals surface area contributed by atoms with Gasteiger partial charge in [0.1, 0.15) is 6.33 Å². The Kier molecular flexibility index (Phi) is 5.22. The van der Waals surface area contributed by atoms with Crippen molar-refractivity contribution < 1.29 is 18.0 Å². The number of thioether (sulfide) groups is 1. The van der Waals surface area contributed by atoms with Gasteiger partial charge in [-0.3, -0.25) is 4.79 Å². The van der Waals surface area contributed by atoms with Crippen molar-refractivity contribution in [3.63, 3.8) is 0 Å². The maximum Gasteiger partial charge on any atom is 0.446 e. The van der Waals surface area contributed by atoms with Crippen LogP contribution in [-0.4, -0.2) is 21.4 Å². The van der Waals surface area contributed by atoms with Crippen LogP contribution in [0.1, 0.15) is 10.4 Å². The zero-order chi connectivity index (χ0) is 18.6. The Morgan fingerprint density at radius 1 is 0.962 bits per heavy atom. The van der Waals surface area contributed by atoms with E-state index in [0.717, 1.165) is 11.1 Å². The standard InChI is InChI=1S/C18H12F3N3OS/c19-18(20,21)26-16-6-4-15(5-7-16)24-17(25)13-3-1-2-12(8-13)14-9-22-11-23-10-14/h1-11H,(H,24,25). The molecule has 0 radical (unpaired) electrons. The molecular weight excluding hydrogens is 363 g/mol. The van der Waals surface area contributed by atoms with Crippen molar-refractivity contribution in [3.05, 3.63) is 72.8 Å². The summed E-state index contributed by atoms with van der Waals surface area (Å²) >= 11 is -0.200. The van der Waals surface area contributed by atoms with Crippen LogP contribution in [0, 0.1) is 0 Å². The number of rotatable bonds is 4. The molecule has 0 fully saturated rings. The van der Waals surface area contributed by atoms with Crippen LogP contribution < -0.4 is 5.32 Å². The van der Waals surface area contributed by atoms with E-state index >= 15 is 0 Å². The van der Waals surface area contributed by atoms with Crippen molar-refractivity contribution in [2.75, 3.05) is 5.32 Å². The molecule has 0 unspecified atom stereocenters. The average Bonchev–Trinajstić information content (AvgIpc) is 2.63. The number of hydrogen-bond acceptors (Lipinski definition) is 4. The van der Waals surface area contributed by atoms with Crippen LogP contribution in [0.25, 0.3) is 11.1 Å². The fraction of sp³-hybridized carbons (Fsp3) is 0.0556. The predicted molar refractivity (Wildman–Crippen MR) is 93.8 cm³/mol. The molecule has 1 N–H and O–H groups in total. The summed E-state index contributed by atoms with van der Waals surface area (Å²) in [6, 6.07) is 12.4. The predicted octanol–water partition coefficient (Wildman–Crippen LogP) is 5.01. The summed E-state index contributed by atoms with van der Waals surface area (Å²) < 4.78 is 37.0. The van der Waals surface area contributed by atoms with Crippen LogP contribution in [-0.2, 0) is 0 Å². The van der Waals surface area contributed by atoms with Crippen LogP contribution in [0.3, 0.4) is 0 Å². The minimum Gasteiger partial charge on any atom is -0.322 e. The third kappa shape index (κ3) is 4.82. The van der Waals surface area contributed by atoms with Gasteiger partial charge in [0.2, 0.25) is 0 Å². The molecule has 2 aromatic carbocycles. The fourth-order valence-corrected chi connectivity index (χ4v) is 2.77. The number of carbonyl (C=O) groups is 1. The van der Waals surface area contributed by atoms with E-state index in [1.54, 1.807) is 30.6 Å². The molecular formula is C18H12F3N3OS. The lowest BCUT2D eigenvalue weighted by Crippen LogP contribution is -2.11. The van der Waals surface area contributed by atoms with E-state index in [4.69, 9.17) is 0 Å². The van der Waals surface area contributed by atoms with Crippen molar-refractivity contribution in [1.82, 2.24) is 9.97 Å². The molecule has 0 bridgehead atoms. The summed E-state index contributed by atoms with van der Waals surface area (Å²) in [5, 5.41) is 2.67. The highest BCUT2D eigenvalue weighted by atomic mass is 32.2. The Balaban J connectivity index is 1.72. The molecule has 0 spiro atoms. The van der Waals surface area contributed by atoms with Crippen molar-refractivity contribution >= 4 is 23.4 Å². The van der Waals surface area contributed by atoms with E-state index in [-0.39, 0.29) is 22.6 Å². The molecule has 0 saturated carbocycles. The van der Waals surface area contributed by atoms with Gasteiger partial charge < -0.3 is 5.32 Å². The lowest BCUT2D eigenvalue weighted by Gasteiger charge is -2.09. The first-order valence-electron chi connectivity index (χ1n) is 7.43. The molecule has 1 aromatic heterocycles. The Morgan fingerprint density at radius 2 is 1.65 bits per heavy atom. The van der Waals surface area contributed by atoms with E-state index in [1.165, 1.54) is 30.6 Å². The molecule has 4 nitrogen and oxygen atoms in total. The quantitative estimate of drug-likeness (QED) is 0.652. The Morgan fingerprint density at radius 3 is 2.31 bits per heavy atom. The van der Waals surface area contributed by atoms with Gasteiger partial charge in [0.05, 0.1) is 0 Å². The number of hydrogen-bond donors (Lipinski definition) is 1. The molecule has 0 aliphatic heterocycles. The van der Waals surface area contributed by atoms with Crippen molar-refractivity contribution in [2.45, 2.75) is 10.4 Å². The summed E-state index contributed by atoms with van der Waals surface area (Å²) in [5.41, 5.74) is -1.95. The number of anilines is 1. The summed E-state index contributed by atoms with van der Waals surface area (Å²) in [7, 11) is 0. The van der Waals surface area contributed by atoms with Crippen molar-refractivity contribution in [2.24, 2.45) is 0 Å². The highest BCUT2D eigenvalue weighted by Gasteiger charge is 2.29. The van der Waals surface area contributed by atoms with Crippen LogP contribution in [0.2, 0.25) is 0 Å². The Labute approximate surface area is 151 Å². The molecule has 0 atom stereocenters. The largest absolute Gasteiger partial charge is 0.446 e. The molecule has 0 aliphatic rings. The first-order chi connectivity index (χ1) is 12.4. The topological polar surface area (TPSA) is 54.9 Å². The number of aromatic nitrogens is 2. The molecule has 3 rings (SSSR count). The number of amides is 1. The second-order valence-electron chi connectivity index (χ2n) is 5.23. The summed E-state index contributed by atoms with van der Waals surface area (Å²) in [4.78, 5) is 20.3. The zero-order valence-corrected chi connectivity index (χ0v) is 14.0. The maximum atomic E-state index is 12.4. The molecule has 0 saturated heterocycles. The van der Waals surface area contributed by atoms with Crippen molar-refractivity contribution in [3.8, 4) is 11.1 Å². The second-order valence-corrected chi connectivity index (χ2v) is 6.37. The van der Waals surface area contributed by atoms with E-state index in [1.807, 2.05) is 6.07 Å². The number of carbonyl (C=O) groups excluding carboxylic acids is 1. The zero-order valence-electron chi connectivity index (χ0n) is 13.2. The van der Waals surface area contributed by atoms with Gasteiger partial charge in [-0.25, -0.2) is 9.97 Å². The van der Waals surface area contributed by atoms with Crippen LogP contribution >= 0.6 is 11.8 Å². The molecule has 0 aliphatic carbocycles. The Hall–Kier alpha value is -2.87. The van der Waals surface area contributed by atoms with Gasteiger partial charge in [0, 0.05) is 34.1 Å². The number of nitrogens with zero attached hydrogens (tertiary/aromatic N) is 2. The lowest BCUT2D eigenvalue weighted by atomic mass is 10.1. The number of halogens is 3. The third-order valence-electron chi connectivity index (χ3n) is 3.36. The molecule has 1 amide bonds. The first-order valence-corrected chi connectivity index (χ1v) is 8.25. The van der Waals surface area contributed by atoms with Gasteiger partial charge in [-0.1, -0.05) is 12.1 Å². The van der Waals surface area contributed by atoms with Gasteiger partial charge in [-0.2, -0.15) is 13.2 Å².